The SMILES string of the molecule is CCC1CCCCN1CCNC(=NC)NCc1ccccc1F. The van der Waals surface area contributed by atoms with Crippen LogP contribution >= 0.6 is 0 Å². The summed E-state index contributed by atoms with van der Waals surface area (Å²) in [4.78, 5) is 6.78. The topological polar surface area (TPSA) is 39.7 Å². The molecule has 2 rings (SSSR count). The largest absolute Gasteiger partial charge is 0.355 e. The van der Waals surface area contributed by atoms with E-state index in [9.17, 15) is 4.39 Å². The van der Waals surface area contributed by atoms with Crippen molar-refractivity contribution in [2.45, 2.75) is 45.2 Å². The van der Waals surface area contributed by atoms with Gasteiger partial charge < -0.3 is 10.6 Å². The Morgan fingerprint density at radius 3 is 2.87 bits per heavy atom. The molecular weight excluding hydrogens is 291 g/mol. The summed E-state index contributed by atoms with van der Waals surface area (Å²) >= 11 is 0. The number of nitrogens with zero attached hydrogens (tertiary/aromatic N) is 2. The van der Waals surface area contributed by atoms with Gasteiger partial charge in [0.25, 0.3) is 0 Å². The molecule has 1 atom stereocenters. The highest BCUT2D eigenvalue weighted by Gasteiger charge is 2.19. The Bertz CT molecular complexity index is 504. The molecular formula is C18H29FN4. The standard InChI is InChI=1S/C18H29FN4/c1-3-16-9-6-7-12-23(16)13-11-21-18(20-2)22-14-15-8-4-5-10-17(15)19/h4-5,8,10,16H,3,6-7,9,11-14H2,1-2H3,(H2,20,21,22). The number of rotatable bonds is 6. The van der Waals surface area contributed by atoms with Crippen LogP contribution in [0.3, 0.4) is 0 Å². The highest BCUT2D eigenvalue weighted by atomic mass is 19.1. The molecule has 2 N–H and O–H groups in total. The zero-order chi connectivity index (χ0) is 16.5. The van der Waals surface area contributed by atoms with Crippen LogP contribution in [0.5, 0.6) is 0 Å². The summed E-state index contributed by atoms with van der Waals surface area (Å²) in [7, 11) is 1.74. The van der Waals surface area contributed by atoms with Crippen LogP contribution in [0.2, 0.25) is 0 Å². The van der Waals surface area contributed by atoms with Gasteiger partial charge in [0.2, 0.25) is 0 Å². The van der Waals surface area contributed by atoms with Crippen molar-refractivity contribution in [1.82, 2.24) is 15.5 Å². The van der Waals surface area contributed by atoms with Gasteiger partial charge in [-0.3, -0.25) is 9.89 Å². The van der Waals surface area contributed by atoms with Gasteiger partial charge >= 0.3 is 0 Å². The second-order valence-electron chi connectivity index (χ2n) is 6.04. The Hall–Kier alpha value is -1.62. The van der Waals surface area contributed by atoms with Crippen molar-refractivity contribution in [3.05, 3.63) is 35.6 Å². The van der Waals surface area contributed by atoms with Gasteiger partial charge in [0.15, 0.2) is 5.96 Å². The maximum atomic E-state index is 13.6. The number of likely N-dealkylation sites (tertiary alicyclic amines) is 1. The molecule has 128 valence electrons. The summed E-state index contributed by atoms with van der Waals surface area (Å²) in [6.45, 7) is 5.78. The summed E-state index contributed by atoms with van der Waals surface area (Å²) in [6, 6.07) is 7.54. The van der Waals surface area contributed by atoms with Gasteiger partial charge in [-0.05, 0) is 31.9 Å². The third-order valence-electron chi connectivity index (χ3n) is 4.54. The zero-order valence-corrected chi connectivity index (χ0v) is 14.3. The van der Waals surface area contributed by atoms with Crippen LogP contribution in [-0.4, -0.2) is 43.6 Å². The first-order chi connectivity index (χ1) is 11.2. The van der Waals surface area contributed by atoms with Crippen molar-refractivity contribution < 1.29 is 4.39 Å². The molecule has 1 heterocycles. The fraction of sp³-hybridized carbons (Fsp3) is 0.611. The lowest BCUT2D eigenvalue weighted by Crippen LogP contribution is -2.45. The van der Waals surface area contributed by atoms with E-state index >= 15 is 0 Å². The van der Waals surface area contributed by atoms with Gasteiger partial charge in [-0.15, -0.1) is 0 Å². The van der Waals surface area contributed by atoms with E-state index in [1.807, 2.05) is 6.07 Å². The number of nitrogens with one attached hydrogen (secondary N) is 2. The Morgan fingerprint density at radius 1 is 1.30 bits per heavy atom. The molecule has 0 spiro atoms. The van der Waals surface area contributed by atoms with Gasteiger partial charge in [-0.2, -0.15) is 0 Å². The van der Waals surface area contributed by atoms with E-state index in [0.717, 1.165) is 25.1 Å². The highest BCUT2D eigenvalue weighted by Crippen LogP contribution is 2.18. The number of aliphatic imine (C=N–C) groups is 1. The monoisotopic (exact) mass is 320 g/mol. The van der Waals surface area contributed by atoms with Crippen molar-refractivity contribution in [2.24, 2.45) is 4.99 Å². The maximum absolute atomic E-state index is 13.6. The van der Waals surface area contributed by atoms with Crippen molar-refractivity contribution in [2.75, 3.05) is 26.7 Å². The molecule has 1 aliphatic heterocycles. The quantitative estimate of drug-likeness (QED) is 0.625. The number of benzene rings is 1. The molecule has 1 fully saturated rings. The summed E-state index contributed by atoms with van der Waals surface area (Å²) in [5.74, 6) is 0.535. The first-order valence-electron chi connectivity index (χ1n) is 8.66. The van der Waals surface area contributed by atoms with Crippen LogP contribution in [-0.2, 0) is 6.54 Å². The van der Waals surface area contributed by atoms with E-state index in [2.05, 4.69) is 27.4 Å². The summed E-state index contributed by atoms with van der Waals surface area (Å²) in [6.07, 6.45) is 5.20. The van der Waals surface area contributed by atoms with Gasteiger partial charge in [0.1, 0.15) is 5.82 Å². The third kappa shape index (κ3) is 5.50. The molecule has 0 aliphatic carbocycles. The normalized spacial score (nSPS) is 19.6. The number of hydrogen-bond acceptors (Lipinski definition) is 2. The van der Waals surface area contributed by atoms with Crippen molar-refractivity contribution in [3.8, 4) is 0 Å². The second-order valence-corrected chi connectivity index (χ2v) is 6.04. The molecule has 5 heteroatoms. The predicted molar refractivity (Wildman–Crippen MR) is 94.1 cm³/mol. The van der Waals surface area contributed by atoms with E-state index in [-0.39, 0.29) is 5.82 Å². The molecule has 0 amide bonds. The lowest BCUT2D eigenvalue weighted by atomic mass is 10.0. The van der Waals surface area contributed by atoms with Crippen LogP contribution in [0.25, 0.3) is 0 Å². The molecule has 1 saturated heterocycles. The van der Waals surface area contributed by atoms with Gasteiger partial charge in [-0.1, -0.05) is 31.5 Å². The second kappa shape index (κ2) is 9.50. The van der Waals surface area contributed by atoms with Crippen molar-refractivity contribution in [3.63, 3.8) is 0 Å². The minimum Gasteiger partial charge on any atom is -0.355 e. The predicted octanol–water partition coefficient (Wildman–Crippen LogP) is 2.76. The Labute approximate surface area is 139 Å². The smallest absolute Gasteiger partial charge is 0.191 e. The summed E-state index contributed by atoms with van der Waals surface area (Å²) in [5.41, 5.74) is 0.650. The molecule has 1 aromatic rings. The Balaban J connectivity index is 1.74. The van der Waals surface area contributed by atoms with Crippen LogP contribution in [0.15, 0.2) is 29.3 Å². The maximum Gasteiger partial charge on any atom is 0.191 e. The molecule has 1 aliphatic rings. The van der Waals surface area contributed by atoms with E-state index < -0.39 is 0 Å². The highest BCUT2D eigenvalue weighted by molar-refractivity contribution is 5.79. The molecule has 23 heavy (non-hydrogen) atoms. The average Bonchev–Trinajstić information content (AvgIpc) is 2.59. The fourth-order valence-corrected chi connectivity index (χ4v) is 3.18. The van der Waals surface area contributed by atoms with Gasteiger partial charge in [0.05, 0.1) is 0 Å². The fourth-order valence-electron chi connectivity index (χ4n) is 3.18. The van der Waals surface area contributed by atoms with E-state index in [4.69, 9.17) is 0 Å². The van der Waals surface area contributed by atoms with E-state index in [1.165, 1.54) is 38.3 Å². The molecule has 0 radical (unpaired) electrons. The number of piperidine rings is 1. The molecule has 1 aromatic carbocycles. The minimum atomic E-state index is -0.186. The Morgan fingerprint density at radius 2 is 2.13 bits per heavy atom. The molecule has 4 nitrogen and oxygen atoms in total. The van der Waals surface area contributed by atoms with Gasteiger partial charge in [0, 0.05) is 38.3 Å². The van der Waals surface area contributed by atoms with Crippen molar-refractivity contribution in [1.29, 1.82) is 0 Å². The average molecular weight is 320 g/mol. The van der Waals surface area contributed by atoms with Crippen LogP contribution in [0.1, 0.15) is 38.2 Å². The van der Waals surface area contributed by atoms with Crippen LogP contribution in [0.4, 0.5) is 4.39 Å². The molecule has 0 aromatic heterocycles. The molecule has 1 unspecified atom stereocenters. The number of halogens is 1. The Kier molecular flexibility index (Phi) is 7.33. The summed E-state index contributed by atoms with van der Waals surface area (Å²) in [5, 5.41) is 6.50. The van der Waals surface area contributed by atoms with E-state index in [1.54, 1.807) is 19.2 Å². The third-order valence-corrected chi connectivity index (χ3v) is 4.54. The first kappa shape index (κ1) is 17.7. The lowest BCUT2D eigenvalue weighted by Gasteiger charge is -2.35. The first-order valence-corrected chi connectivity index (χ1v) is 8.66. The van der Waals surface area contributed by atoms with E-state index in [0.29, 0.717) is 12.1 Å². The van der Waals surface area contributed by atoms with Crippen LogP contribution < -0.4 is 10.6 Å². The lowest BCUT2D eigenvalue weighted by molar-refractivity contribution is 0.147. The van der Waals surface area contributed by atoms with Crippen LogP contribution in [0, 0.1) is 5.82 Å². The number of hydrogen-bond donors (Lipinski definition) is 2. The minimum absolute atomic E-state index is 0.186. The summed E-state index contributed by atoms with van der Waals surface area (Å²) < 4.78 is 13.6. The van der Waals surface area contributed by atoms with Crippen molar-refractivity contribution >= 4 is 5.96 Å². The number of guanidine groups is 1. The zero-order valence-electron chi connectivity index (χ0n) is 14.3. The van der Waals surface area contributed by atoms with Gasteiger partial charge in [-0.25, -0.2) is 4.39 Å². The molecule has 0 bridgehead atoms. The molecule has 0 saturated carbocycles.